The molecule has 0 aliphatic carbocycles. The van der Waals surface area contributed by atoms with Crippen molar-refractivity contribution in [3.8, 4) is 0 Å². The summed E-state index contributed by atoms with van der Waals surface area (Å²) < 4.78 is 21.3. The molecular weight excluding hydrogens is 296 g/mol. The average Bonchev–Trinajstić information content (AvgIpc) is 3.35. The molecule has 0 aromatic carbocycles. The lowest BCUT2D eigenvalue weighted by molar-refractivity contribution is 0.113. The van der Waals surface area contributed by atoms with E-state index in [4.69, 9.17) is 18.3 Å². The Morgan fingerprint density at radius 3 is 1.82 bits per heavy atom. The highest BCUT2D eigenvalue weighted by molar-refractivity contribution is 6.44. The van der Waals surface area contributed by atoms with Crippen LogP contribution in [0.15, 0.2) is 0 Å². The van der Waals surface area contributed by atoms with Crippen LogP contribution in [-0.4, -0.2) is 49.4 Å². The Kier molecular flexibility index (Phi) is 13.4. The summed E-state index contributed by atoms with van der Waals surface area (Å²) in [5.74, 6) is 0. The van der Waals surface area contributed by atoms with Gasteiger partial charge >= 0.3 is 9.28 Å². The first kappa shape index (κ1) is 20.1. The van der Waals surface area contributed by atoms with E-state index in [1.165, 1.54) is 64.2 Å². The van der Waals surface area contributed by atoms with Gasteiger partial charge in [-0.3, -0.25) is 0 Å². The molecule has 1 aliphatic heterocycles. The zero-order valence-electron chi connectivity index (χ0n) is 14.7. The highest BCUT2D eigenvalue weighted by Crippen LogP contribution is 2.13. The summed E-state index contributed by atoms with van der Waals surface area (Å²) in [6, 6.07) is 1.15. The quantitative estimate of drug-likeness (QED) is 0.231. The van der Waals surface area contributed by atoms with Crippen LogP contribution in [0, 0.1) is 0 Å². The van der Waals surface area contributed by atoms with Gasteiger partial charge in [0.05, 0.1) is 13.2 Å². The zero-order chi connectivity index (χ0) is 15.9. The van der Waals surface area contributed by atoms with Gasteiger partial charge in [-0.05, 0) is 12.5 Å². The molecule has 0 bridgehead atoms. The van der Waals surface area contributed by atoms with Gasteiger partial charge < -0.3 is 18.3 Å². The van der Waals surface area contributed by atoms with Crippen molar-refractivity contribution >= 4 is 9.28 Å². The Balaban J connectivity index is 1.65. The van der Waals surface area contributed by atoms with E-state index in [-0.39, 0.29) is 0 Å². The number of hydrogen-bond acceptors (Lipinski definition) is 4. The zero-order valence-corrected chi connectivity index (χ0v) is 15.8. The smallest absolute Gasteiger partial charge is 0.320 e. The maximum absolute atomic E-state index is 5.53. The van der Waals surface area contributed by atoms with Gasteiger partial charge in [0, 0.05) is 20.8 Å². The molecule has 0 spiro atoms. The second kappa shape index (κ2) is 14.6. The predicted octanol–water partition coefficient (Wildman–Crippen LogP) is 3.82. The first-order valence-corrected chi connectivity index (χ1v) is 10.9. The van der Waals surface area contributed by atoms with E-state index in [1.807, 2.05) is 0 Å². The maximum Gasteiger partial charge on any atom is 0.320 e. The first-order valence-electron chi connectivity index (χ1n) is 9.11. The van der Waals surface area contributed by atoms with E-state index in [0.717, 1.165) is 25.9 Å². The topological polar surface area (TPSA) is 40.2 Å². The van der Waals surface area contributed by atoms with Gasteiger partial charge in [-0.2, -0.15) is 0 Å². The minimum absolute atomic E-state index is 0.414. The van der Waals surface area contributed by atoms with E-state index in [1.54, 1.807) is 14.2 Å². The molecule has 0 radical (unpaired) electrons. The Hall–Kier alpha value is 0.0569. The predicted molar refractivity (Wildman–Crippen MR) is 92.7 cm³/mol. The Morgan fingerprint density at radius 1 is 0.818 bits per heavy atom. The van der Waals surface area contributed by atoms with Gasteiger partial charge in [-0.1, -0.05) is 57.8 Å². The molecule has 5 heteroatoms. The second-order valence-electron chi connectivity index (χ2n) is 6.26. The van der Waals surface area contributed by atoms with Crippen LogP contribution in [0.4, 0.5) is 0 Å². The van der Waals surface area contributed by atoms with Crippen molar-refractivity contribution in [2.24, 2.45) is 0 Å². The lowest BCUT2D eigenvalue weighted by Gasteiger charge is -2.10. The SMILES string of the molecule is CO[SiH](CCCCCCCCCCCCOCC1CO1)OC. The fraction of sp³-hybridized carbons (Fsp3) is 1.00. The van der Waals surface area contributed by atoms with Gasteiger partial charge in [0.2, 0.25) is 0 Å². The summed E-state index contributed by atoms with van der Waals surface area (Å²) in [6.07, 6.45) is 13.8. The van der Waals surface area contributed by atoms with Crippen LogP contribution in [0.3, 0.4) is 0 Å². The van der Waals surface area contributed by atoms with Crippen LogP contribution in [0.2, 0.25) is 6.04 Å². The molecular formula is C17H36O4Si. The second-order valence-corrected chi connectivity index (χ2v) is 8.63. The summed E-state index contributed by atoms with van der Waals surface area (Å²) in [4.78, 5) is 0. The fourth-order valence-electron chi connectivity index (χ4n) is 2.64. The van der Waals surface area contributed by atoms with Crippen molar-refractivity contribution in [2.45, 2.75) is 76.4 Å². The molecule has 1 heterocycles. The minimum Gasteiger partial charge on any atom is -0.400 e. The van der Waals surface area contributed by atoms with Gasteiger partial charge in [-0.25, -0.2) is 0 Å². The molecule has 132 valence electrons. The summed E-state index contributed by atoms with van der Waals surface area (Å²) in [5, 5.41) is 0. The molecule has 0 aromatic rings. The highest BCUT2D eigenvalue weighted by Gasteiger charge is 2.21. The van der Waals surface area contributed by atoms with E-state index in [9.17, 15) is 0 Å². The number of unbranched alkanes of at least 4 members (excludes halogenated alkanes) is 9. The van der Waals surface area contributed by atoms with Crippen molar-refractivity contribution in [1.29, 1.82) is 0 Å². The van der Waals surface area contributed by atoms with Crippen LogP contribution < -0.4 is 0 Å². The monoisotopic (exact) mass is 332 g/mol. The van der Waals surface area contributed by atoms with Crippen molar-refractivity contribution in [3.63, 3.8) is 0 Å². The van der Waals surface area contributed by atoms with Crippen LogP contribution in [-0.2, 0) is 18.3 Å². The van der Waals surface area contributed by atoms with E-state index in [2.05, 4.69) is 0 Å². The lowest BCUT2D eigenvalue weighted by Crippen LogP contribution is -2.18. The van der Waals surface area contributed by atoms with Crippen molar-refractivity contribution in [1.82, 2.24) is 0 Å². The van der Waals surface area contributed by atoms with Crippen molar-refractivity contribution in [2.75, 3.05) is 34.0 Å². The van der Waals surface area contributed by atoms with E-state index >= 15 is 0 Å². The largest absolute Gasteiger partial charge is 0.400 e. The summed E-state index contributed by atoms with van der Waals surface area (Å²) in [6.45, 7) is 2.62. The molecule has 4 nitrogen and oxygen atoms in total. The summed E-state index contributed by atoms with van der Waals surface area (Å²) in [5.41, 5.74) is 0. The molecule has 0 saturated carbocycles. The van der Waals surface area contributed by atoms with Gasteiger partial charge in [-0.15, -0.1) is 0 Å². The molecule has 1 atom stereocenters. The van der Waals surface area contributed by atoms with Gasteiger partial charge in [0.15, 0.2) is 0 Å². The molecule has 1 aliphatic rings. The van der Waals surface area contributed by atoms with Crippen molar-refractivity contribution in [3.05, 3.63) is 0 Å². The summed E-state index contributed by atoms with van der Waals surface area (Å²) >= 11 is 0. The third-order valence-corrected chi connectivity index (χ3v) is 6.14. The fourth-order valence-corrected chi connectivity index (χ4v) is 3.93. The summed E-state index contributed by atoms with van der Waals surface area (Å²) in [7, 11) is 2.25. The van der Waals surface area contributed by atoms with Crippen LogP contribution >= 0.6 is 0 Å². The Labute approximate surface area is 138 Å². The van der Waals surface area contributed by atoms with E-state index in [0.29, 0.717) is 6.10 Å². The average molecular weight is 333 g/mol. The lowest BCUT2D eigenvalue weighted by atomic mass is 10.1. The molecule has 1 unspecified atom stereocenters. The van der Waals surface area contributed by atoms with Gasteiger partial charge in [0.1, 0.15) is 6.10 Å². The molecule has 22 heavy (non-hydrogen) atoms. The van der Waals surface area contributed by atoms with Gasteiger partial charge in [0.25, 0.3) is 0 Å². The maximum atomic E-state index is 5.53. The third kappa shape index (κ3) is 12.6. The molecule has 0 aromatic heterocycles. The standard InChI is InChI=1S/C17H36O4Si/c1-18-22(19-2)14-12-10-8-6-4-3-5-7-9-11-13-20-15-17-16-21-17/h17,22H,3-16H2,1-2H3. The third-order valence-electron chi connectivity index (χ3n) is 4.21. The minimum atomic E-state index is -1.30. The Bertz CT molecular complexity index is 233. The molecule has 1 rings (SSSR count). The van der Waals surface area contributed by atoms with Crippen LogP contribution in [0.5, 0.6) is 0 Å². The molecule has 1 fully saturated rings. The van der Waals surface area contributed by atoms with E-state index < -0.39 is 9.28 Å². The molecule has 0 N–H and O–H groups in total. The first-order chi connectivity index (χ1) is 10.9. The normalized spacial score (nSPS) is 17.3. The number of epoxide rings is 1. The molecule has 0 amide bonds. The number of ether oxygens (including phenoxy) is 2. The Morgan fingerprint density at radius 2 is 1.32 bits per heavy atom. The number of rotatable bonds is 17. The van der Waals surface area contributed by atoms with Crippen LogP contribution in [0.1, 0.15) is 64.2 Å². The molecule has 1 saturated heterocycles. The highest BCUT2D eigenvalue weighted by atomic mass is 28.3. The van der Waals surface area contributed by atoms with Crippen LogP contribution in [0.25, 0.3) is 0 Å². The van der Waals surface area contributed by atoms with Crippen molar-refractivity contribution < 1.29 is 18.3 Å². The number of hydrogen-bond donors (Lipinski definition) is 0.